The van der Waals surface area contributed by atoms with E-state index in [1.807, 2.05) is 29.2 Å². The number of amides is 1. The Morgan fingerprint density at radius 3 is 2.95 bits per heavy atom. The van der Waals surface area contributed by atoms with Gasteiger partial charge in [0.15, 0.2) is 0 Å². The molecule has 1 fully saturated rings. The van der Waals surface area contributed by atoms with Gasteiger partial charge in [-0.05, 0) is 24.6 Å². The summed E-state index contributed by atoms with van der Waals surface area (Å²) in [5.74, 6) is 0.944. The van der Waals surface area contributed by atoms with E-state index in [4.69, 9.17) is 16.3 Å². The van der Waals surface area contributed by atoms with Crippen LogP contribution in [0.15, 0.2) is 24.3 Å². The van der Waals surface area contributed by atoms with Gasteiger partial charge >= 0.3 is 0 Å². The van der Waals surface area contributed by atoms with E-state index in [0.29, 0.717) is 18.1 Å². The number of carbonyl (C=O) groups excluding carboxylic acids is 1. The number of aromatic nitrogens is 1. The van der Waals surface area contributed by atoms with Gasteiger partial charge < -0.3 is 9.64 Å². The average molecular weight is 291 g/mol. The van der Waals surface area contributed by atoms with Crippen molar-refractivity contribution in [3.63, 3.8) is 0 Å². The molecule has 3 rings (SSSR count). The molecule has 1 aromatic heterocycles. The zero-order valence-electron chi connectivity index (χ0n) is 11.2. The highest BCUT2D eigenvalue weighted by Crippen LogP contribution is 2.26. The van der Waals surface area contributed by atoms with E-state index in [9.17, 15) is 4.79 Å². The largest absolute Gasteiger partial charge is 0.497 e. The second-order valence-electron chi connectivity index (χ2n) is 4.92. The summed E-state index contributed by atoms with van der Waals surface area (Å²) in [6, 6.07) is 7.69. The SMILES string of the molecule is COc1ccc2cc(CN3CCCC3=O)c(Cl)nc2c1. The zero-order chi connectivity index (χ0) is 14.1. The highest BCUT2D eigenvalue weighted by molar-refractivity contribution is 6.30. The van der Waals surface area contributed by atoms with E-state index in [2.05, 4.69) is 4.98 Å². The molecule has 1 amide bonds. The quantitative estimate of drug-likeness (QED) is 0.816. The number of hydrogen-bond donors (Lipinski definition) is 0. The molecule has 1 aliphatic rings. The highest BCUT2D eigenvalue weighted by Gasteiger charge is 2.21. The fourth-order valence-electron chi connectivity index (χ4n) is 2.48. The predicted octanol–water partition coefficient (Wildman–Crippen LogP) is 3.02. The van der Waals surface area contributed by atoms with Crippen LogP contribution in [0.4, 0.5) is 0 Å². The molecule has 0 bridgehead atoms. The van der Waals surface area contributed by atoms with Crippen LogP contribution in [0.25, 0.3) is 10.9 Å². The van der Waals surface area contributed by atoms with Crippen LogP contribution in [0.3, 0.4) is 0 Å². The van der Waals surface area contributed by atoms with Crippen LogP contribution in [0.5, 0.6) is 5.75 Å². The summed E-state index contributed by atoms with van der Waals surface area (Å²) in [5.41, 5.74) is 1.69. The number of carbonyl (C=O) groups is 1. The van der Waals surface area contributed by atoms with Crippen molar-refractivity contribution in [1.82, 2.24) is 9.88 Å². The maximum absolute atomic E-state index is 11.7. The minimum absolute atomic E-state index is 0.191. The Labute approximate surface area is 122 Å². The molecule has 0 saturated carbocycles. The summed E-state index contributed by atoms with van der Waals surface area (Å²) < 4.78 is 5.18. The third-order valence-electron chi connectivity index (χ3n) is 3.58. The highest BCUT2D eigenvalue weighted by atomic mass is 35.5. The fraction of sp³-hybridized carbons (Fsp3) is 0.333. The van der Waals surface area contributed by atoms with E-state index < -0.39 is 0 Å². The van der Waals surface area contributed by atoms with Gasteiger partial charge in [-0.25, -0.2) is 4.98 Å². The Balaban J connectivity index is 1.95. The van der Waals surface area contributed by atoms with Gasteiger partial charge in [0.25, 0.3) is 0 Å². The Morgan fingerprint density at radius 2 is 2.25 bits per heavy atom. The number of fused-ring (bicyclic) bond motifs is 1. The lowest BCUT2D eigenvalue weighted by molar-refractivity contribution is -0.128. The third kappa shape index (κ3) is 2.43. The smallest absolute Gasteiger partial charge is 0.222 e. The van der Waals surface area contributed by atoms with Gasteiger partial charge in [-0.1, -0.05) is 11.6 Å². The first-order valence-electron chi connectivity index (χ1n) is 6.58. The lowest BCUT2D eigenvalue weighted by Crippen LogP contribution is -2.24. The van der Waals surface area contributed by atoms with Gasteiger partial charge in [0.2, 0.25) is 5.91 Å². The first-order chi connectivity index (χ1) is 9.67. The first kappa shape index (κ1) is 13.2. The van der Waals surface area contributed by atoms with Crippen molar-refractivity contribution in [3.05, 3.63) is 35.0 Å². The minimum Gasteiger partial charge on any atom is -0.497 e. The van der Waals surface area contributed by atoms with Gasteiger partial charge in [0, 0.05) is 36.5 Å². The van der Waals surface area contributed by atoms with E-state index in [0.717, 1.165) is 35.2 Å². The fourth-order valence-corrected chi connectivity index (χ4v) is 2.69. The molecule has 0 spiro atoms. The van der Waals surface area contributed by atoms with Crippen molar-refractivity contribution in [3.8, 4) is 5.75 Å². The standard InChI is InChI=1S/C15H15ClN2O2/c1-20-12-5-4-10-7-11(15(16)17-13(10)8-12)9-18-6-2-3-14(18)19/h4-5,7-8H,2-3,6,9H2,1H3. The second kappa shape index (κ2) is 5.29. The molecular weight excluding hydrogens is 276 g/mol. The summed E-state index contributed by atoms with van der Waals surface area (Å²) in [5, 5.41) is 1.45. The summed E-state index contributed by atoms with van der Waals surface area (Å²) in [7, 11) is 1.62. The number of hydrogen-bond acceptors (Lipinski definition) is 3. The number of methoxy groups -OCH3 is 1. The van der Waals surface area contributed by atoms with Gasteiger partial charge in [0.05, 0.1) is 12.6 Å². The molecule has 5 heteroatoms. The van der Waals surface area contributed by atoms with Crippen molar-refractivity contribution in [2.45, 2.75) is 19.4 Å². The van der Waals surface area contributed by atoms with Crippen LogP contribution >= 0.6 is 11.6 Å². The number of benzene rings is 1. The van der Waals surface area contributed by atoms with Crippen molar-refractivity contribution in [1.29, 1.82) is 0 Å². The number of pyridine rings is 1. The van der Waals surface area contributed by atoms with E-state index >= 15 is 0 Å². The molecule has 0 unspecified atom stereocenters. The Bertz CT molecular complexity index is 672. The third-order valence-corrected chi connectivity index (χ3v) is 3.91. The van der Waals surface area contributed by atoms with Gasteiger partial charge in [-0.15, -0.1) is 0 Å². The van der Waals surface area contributed by atoms with Crippen molar-refractivity contribution in [2.24, 2.45) is 0 Å². The Morgan fingerprint density at radius 1 is 1.40 bits per heavy atom. The lowest BCUT2D eigenvalue weighted by Gasteiger charge is -2.16. The zero-order valence-corrected chi connectivity index (χ0v) is 12.0. The number of nitrogens with zero attached hydrogens (tertiary/aromatic N) is 2. The summed E-state index contributed by atoms with van der Waals surface area (Å²) in [6.45, 7) is 1.34. The first-order valence-corrected chi connectivity index (χ1v) is 6.96. The molecule has 1 aromatic carbocycles. The maximum Gasteiger partial charge on any atom is 0.222 e. The summed E-state index contributed by atoms with van der Waals surface area (Å²) >= 11 is 6.24. The van der Waals surface area contributed by atoms with Crippen LogP contribution in [0.1, 0.15) is 18.4 Å². The normalized spacial score (nSPS) is 15.1. The van der Waals surface area contributed by atoms with E-state index in [-0.39, 0.29) is 5.91 Å². The molecule has 1 aliphatic heterocycles. The van der Waals surface area contributed by atoms with Crippen LogP contribution in [0.2, 0.25) is 5.15 Å². The number of rotatable bonds is 3. The van der Waals surface area contributed by atoms with E-state index in [1.165, 1.54) is 0 Å². The monoisotopic (exact) mass is 290 g/mol. The van der Waals surface area contributed by atoms with E-state index in [1.54, 1.807) is 7.11 Å². The Kier molecular flexibility index (Phi) is 3.49. The molecule has 2 heterocycles. The Hall–Kier alpha value is -1.81. The molecule has 0 atom stereocenters. The summed E-state index contributed by atoms with van der Waals surface area (Å²) in [4.78, 5) is 17.9. The summed E-state index contributed by atoms with van der Waals surface area (Å²) in [6.07, 6.45) is 1.56. The van der Waals surface area contributed by atoms with Crippen LogP contribution in [-0.4, -0.2) is 29.4 Å². The van der Waals surface area contributed by atoms with Crippen molar-refractivity contribution in [2.75, 3.05) is 13.7 Å². The number of likely N-dealkylation sites (tertiary alicyclic amines) is 1. The van der Waals surface area contributed by atoms with Gasteiger partial charge in [-0.2, -0.15) is 0 Å². The lowest BCUT2D eigenvalue weighted by atomic mass is 10.1. The molecule has 4 nitrogen and oxygen atoms in total. The second-order valence-corrected chi connectivity index (χ2v) is 5.27. The maximum atomic E-state index is 11.7. The molecule has 0 aliphatic carbocycles. The van der Waals surface area contributed by atoms with Crippen molar-refractivity contribution < 1.29 is 9.53 Å². The van der Waals surface area contributed by atoms with Crippen LogP contribution < -0.4 is 4.74 Å². The number of ether oxygens (including phenoxy) is 1. The molecule has 20 heavy (non-hydrogen) atoms. The molecule has 0 radical (unpaired) electrons. The van der Waals surface area contributed by atoms with Gasteiger partial charge in [0.1, 0.15) is 10.9 Å². The van der Waals surface area contributed by atoms with Crippen LogP contribution in [0, 0.1) is 0 Å². The molecule has 0 N–H and O–H groups in total. The molecule has 1 saturated heterocycles. The molecule has 104 valence electrons. The minimum atomic E-state index is 0.191. The van der Waals surface area contributed by atoms with Crippen LogP contribution in [-0.2, 0) is 11.3 Å². The average Bonchev–Trinajstić information content (AvgIpc) is 2.84. The predicted molar refractivity (Wildman–Crippen MR) is 78.0 cm³/mol. The van der Waals surface area contributed by atoms with Gasteiger partial charge in [-0.3, -0.25) is 4.79 Å². The molecular formula is C15H15ClN2O2. The topological polar surface area (TPSA) is 42.4 Å². The number of halogens is 1. The molecule has 2 aromatic rings. The van der Waals surface area contributed by atoms with Crippen molar-refractivity contribution >= 4 is 28.4 Å².